The maximum absolute atomic E-state index is 6.15. The molecule has 0 unspecified atom stereocenters. The van der Waals surface area contributed by atoms with E-state index in [4.69, 9.17) is 21.1 Å². The standard InChI is InChI=1S/C14H14ClNO2/c1-17-11-5-3-10(4-6-11)16-14-8-7-12(18-2)9-13(14)15/h3-9,16H,1-2H3. The van der Waals surface area contributed by atoms with Crippen molar-refractivity contribution in [2.24, 2.45) is 0 Å². The van der Waals surface area contributed by atoms with Gasteiger partial charge in [0.05, 0.1) is 24.9 Å². The van der Waals surface area contributed by atoms with Crippen LogP contribution in [-0.4, -0.2) is 14.2 Å². The van der Waals surface area contributed by atoms with Gasteiger partial charge in [-0.2, -0.15) is 0 Å². The van der Waals surface area contributed by atoms with E-state index in [0.717, 1.165) is 22.9 Å². The van der Waals surface area contributed by atoms with E-state index in [1.54, 1.807) is 20.3 Å². The Morgan fingerprint density at radius 2 is 1.50 bits per heavy atom. The van der Waals surface area contributed by atoms with Crippen molar-refractivity contribution in [2.75, 3.05) is 19.5 Å². The van der Waals surface area contributed by atoms with Crippen molar-refractivity contribution in [3.05, 3.63) is 47.5 Å². The maximum Gasteiger partial charge on any atom is 0.120 e. The molecule has 0 saturated heterocycles. The molecule has 0 bridgehead atoms. The molecule has 0 atom stereocenters. The summed E-state index contributed by atoms with van der Waals surface area (Å²) < 4.78 is 10.2. The van der Waals surface area contributed by atoms with Crippen LogP contribution in [-0.2, 0) is 0 Å². The summed E-state index contributed by atoms with van der Waals surface area (Å²) >= 11 is 6.15. The van der Waals surface area contributed by atoms with Crippen molar-refractivity contribution in [1.82, 2.24) is 0 Å². The molecule has 3 nitrogen and oxygen atoms in total. The molecule has 2 aromatic rings. The smallest absolute Gasteiger partial charge is 0.120 e. The van der Waals surface area contributed by atoms with Gasteiger partial charge in [-0.3, -0.25) is 0 Å². The highest BCUT2D eigenvalue weighted by atomic mass is 35.5. The van der Waals surface area contributed by atoms with Crippen LogP contribution >= 0.6 is 11.6 Å². The number of rotatable bonds is 4. The molecule has 0 aliphatic carbocycles. The van der Waals surface area contributed by atoms with E-state index in [1.165, 1.54) is 0 Å². The average Bonchev–Trinajstić information content (AvgIpc) is 2.42. The van der Waals surface area contributed by atoms with Crippen LogP contribution in [0.2, 0.25) is 5.02 Å². The molecule has 4 heteroatoms. The van der Waals surface area contributed by atoms with Gasteiger partial charge in [-0.15, -0.1) is 0 Å². The van der Waals surface area contributed by atoms with E-state index >= 15 is 0 Å². The van der Waals surface area contributed by atoms with Crippen LogP contribution in [0.15, 0.2) is 42.5 Å². The van der Waals surface area contributed by atoms with Crippen LogP contribution in [0.25, 0.3) is 0 Å². The van der Waals surface area contributed by atoms with E-state index < -0.39 is 0 Å². The van der Waals surface area contributed by atoms with Crippen LogP contribution in [0.3, 0.4) is 0 Å². The van der Waals surface area contributed by atoms with Gasteiger partial charge in [0.1, 0.15) is 11.5 Å². The van der Waals surface area contributed by atoms with Gasteiger partial charge in [0.15, 0.2) is 0 Å². The zero-order valence-electron chi connectivity index (χ0n) is 10.2. The van der Waals surface area contributed by atoms with Crippen LogP contribution in [0.1, 0.15) is 0 Å². The Bertz CT molecular complexity index is 526. The van der Waals surface area contributed by atoms with Gasteiger partial charge in [-0.1, -0.05) is 11.6 Å². The second-order valence-corrected chi connectivity index (χ2v) is 4.11. The summed E-state index contributed by atoms with van der Waals surface area (Å²) in [7, 11) is 3.25. The quantitative estimate of drug-likeness (QED) is 0.901. The first kappa shape index (κ1) is 12.6. The molecule has 2 aromatic carbocycles. The van der Waals surface area contributed by atoms with E-state index in [9.17, 15) is 0 Å². The van der Waals surface area contributed by atoms with Gasteiger partial charge in [-0.25, -0.2) is 0 Å². The second kappa shape index (κ2) is 5.65. The topological polar surface area (TPSA) is 30.5 Å². The Hall–Kier alpha value is -1.87. The van der Waals surface area contributed by atoms with Gasteiger partial charge < -0.3 is 14.8 Å². The first-order valence-corrected chi connectivity index (χ1v) is 5.85. The van der Waals surface area contributed by atoms with Crippen LogP contribution in [0.4, 0.5) is 11.4 Å². The Labute approximate surface area is 111 Å². The molecular weight excluding hydrogens is 250 g/mol. The Morgan fingerprint density at radius 3 is 2.06 bits per heavy atom. The van der Waals surface area contributed by atoms with Gasteiger partial charge in [0.25, 0.3) is 0 Å². The predicted molar refractivity (Wildman–Crippen MR) is 74.3 cm³/mol. The Balaban J connectivity index is 2.17. The highest BCUT2D eigenvalue weighted by molar-refractivity contribution is 6.33. The summed E-state index contributed by atoms with van der Waals surface area (Å²) in [6.07, 6.45) is 0. The molecule has 0 aromatic heterocycles. The number of ether oxygens (including phenoxy) is 2. The molecule has 0 radical (unpaired) electrons. The normalized spacial score (nSPS) is 9.94. The number of hydrogen-bond acceptors (Lipinski definition) is 3. The number of nitrogens with one attached hydrogen (secondary N) is 1. The number of methoxy groups -OCH3 is 2. The molecule has 2 rings (SSSR count). The molecule has 0 aliphatic heterocycles. The molecule has 0 fully saturated rings. The van der Waals surface area contributed by atoms with Crippen LogP contribution < -0.4 is 14.8 Å². The molecule has 94 valence electrons. The fourth-order valence-corrected chi connectivity index (χ4v) is 1.77. The van der Waals surface area contributed by atoms with E-state index in [-0.39, 0.29) is 0 Å². The largest absolute Gasteiger partial charge is 0.497 e. The highest BCUT2D eigenvalue weighted by Gasteiger charge is 2.02. The third-order valence-electron chi connectivity index (χ3n) is 2.55. The Kier molecular flexibility index (Phi) is 3.95. The van der Waals surface area contributed by atoms with Gasteiger partial charge in [-0.05, 0) is 36.4 Å². The predicted octanol–water partition coefficient (Wildman–Crippen LogP) is 4.10. The minimum absolute atomic E-state index is 0.616. The molecule has 1 N–H and O–H groups in total. The molecule has 0 saturated carbocycles. The number of halogens is 1. The zero-order valence-corrected chi connectivity index (χ0v) is 11.0. The third kappa shape index (κ3) is 2.87. The number of anilines is 2. The SMILES string of the molecule is COc1ccc(Nc2ccc(OC)cc2Cl)cc1. The fraction of sp³-hybridized carbons (Fsp3) is 0.143. The number of hydrogen-bond donors (Lipinski definition) is 1. The Morgan fingerprint density at radius 1 is 0.889 bits per heavy atom. The summed E-state index contributed by atoms with van der Waals surface area (Å²) in [5.74, 6) is 1.56. The fourth-order valence-electron chi connectivity index (χ4n) is 1.55. The molecule has 0 heterocycles. The first-order valence-electron chi connectivity index (χ1n) is 5.47. The number of benzene rings is 2. The molecular formula is C14H14ClNO2. The van der Waals surface area contributed by atoms with Crippen molar-refractivity contribution >= 4 is 23.0 Å². The molecule has 0 spiro atoms. The van der Waals surface area contributed by atoms with Crippen LogP contribution in [0, 0.1) is 0 Å². The molecule has 0 amide bonds. The lowest BCUT2D eigenvalue weighted by Gasteiger charge is -2.10. The molecule has 0 aliphatic rings. The maximum atomic E-state index is 6.15. The van der Waals surface area contributed by atoms with Crippen molar-refractivity contribution in [3.8, 4) is 11.5 Å². The van der Waals surface area contributed by atoms with E-state index in [0.29, 0.717) is 5.02 Å². The average molecular weight is 264 g/mol. The van der Waals surface area contributed by atoms with Crippen molar-refractivity contribution in [1.29, 1.82) is 0 Å². The van der Waals surface area contributed by atoms with Gasteiger partial charge in [0.2, 0.25) is 0 Å². The minimum atomic E-state index is 0.616. The second-order valence-electron chi connectivity index (χ2n) is 3.70. The van der Waals surface area contributed by atoms with Crippen molar-refractivity contribution in [2.45, 2.75) is 0 Å². The third-order valence-corrected chi connectivity index (χ3v) is 2.86. The summed E-state index contributed by atoms with van der Waals surface area (Å²) in [4.78, 5) is 0. The van der Waals surface area contributed by atoms with Gasteiger partial charge >= 0.3 is 0 Å². The molecule has 18 heavy (non-hydrogen) atoms. The first-order chi connectivity index (χ1) is 8.72. The summed E-state index contributed by atoms with van der Waals surface area (Å²) in [5.41, 5.74) is 1.78. The lowest BCUT2D eigenvalue weighted by Crippen LogP contribution is -1.92. The van der Waals surface area contributed by atoms with Crippen molar-refractivity contribution < 1.29 is 9.47 Å². The summed E-state index contributed by atoms with van der Waals surface area (Å²) in [5, 5.41) is 3.85. The van der Waals surface area contributed by atoms with Crippen LogP contribution in [0.5, 0.6) is 11.5 Å². The highest BCUT2D eigenvalue weighted by Crippen LogP contribution is 2.29. The van der Waals surface area contributed by atoms with E-state index in [2.05, 4.69) is 5.32 Å². The zero-order chi connectivity index (χ0) is 13.0. The monoisotopic (exact) mass is 263 g/mol. The van der Waals surface area contributed by atoms with Crippen molar-refractivity contribution in [3.63, 3.8) is 0 Å². The lowest BCUT2D eigenvalue weighted by molar-refractivity contribution is 0.415. The summed E-state index contributed by atoms with van der Waals surface area (Å²) in [6.45, 7) is 0. The van der Waals surface area contributed by atoms with Gasteiger partial charge in [0, 0.05) is 11.8 Å². The minimum Gasteiger partial charge on any atom is -0.497 e. The summed E-state index contributed by atoms with van der Waals surface area (Å²) in [6, 6.07) is 13.1. The lowest BCUT2D eigenvalue weighted by atomic mass is 10.2. The van der Waals surface area contributed by atoms with E-state index in [1.807, 2.05) is 36.4 Å².